The van der Waals surface area contributed by atoms with Gasteiger partial charge in [0.25, 0.3) is 0 Å². The molecular formula is C10H17N2O3. The smallest absolute Gasteiger partial charge is 0.246 e. The van der Waals surface area contributed by atoms with E-state index in [4.69, 9.17) is 4.74 Å². The Labute approximate surface area is 89.6 Å². The predicted octanol–water partition coefficient (Wildman–Crippen LogP) is 0.390. The van der Waals surface area contributed by atoms with Crippen LogP contribution < -0.4 is 0 Å². The van der Waals surface area contributed by atoms with E-state index in [1.165, 1.54) is 0 Å². The molecule has 0 aromatic carbocycles. The topological polar surface area (TPSA) is 56.0 Å². The third kappa shape index (κ3) is 1.46. The molecule has 5 heteroatoms. The molecule has 0 aromatic heterocycles. The molecule has 2 aliphatic rings. The molecule has 0 saturated carbocycles. The Morgan fingerprint density at radius 1 is 1.40 bits per heavy atom. The predicted molar refractivity (Wildman–Crippen MR) is 52.1 cm³/mol. The fraction of sp³-hybridized carbons (Fsp3) is 0.900. The molecule has 2 aliphatic heterocycles. The van der Waals surface area contributed by atoms with Crippen LogP contribution in [0.4, 0.5) is 0 Å². The number of hydroxylamine groups is 2. The largest absolute Gasteiger partial charge is 0.371 e. The highest BCUT2D eigenvalue weighted by molar-refractivity contribution is 5.88. The van der Waals surface area contributed by atoms with Gasteiger partial charge in [0.1, 0.15) is 11.2 Å². The monoisotopic (exact) mass is 213 g/mol. The Balaban J connectivity index is 2.25. The quantitative estimate of drug-likeness (QED) is 0.623. The van der Waals surface area contributed by atoms with Crippen LogP contribution in [0.1, 0.15) is 27.7 Å². The lowest BCUT2D eigenvalue weighted by atomic mass is 10.1. The zero-order valence-electron chi connectivity index (χ0n) is 9.61. The van der Waals surface area contributed by atoms with E-state index in [1.54, 1.807) is 32.6 Å². The molecule has 1 radical (unpaired) electrons. The normalized spacial score (nSPS) is 33.5. The first-order valence-corrected chi connectivity index (χ1v) is 5.19. The van der Waals surface area contributed by atoms with E-state index < -0.39 is 11.2 Å². The van der Waals surface area contributed by atoms with Gasteiger partial charge in [-0.05, 0) is 27.7 Å². The summed E-state index contributed by atoms with van der Waals surface area (Å²) in [5.74, 6) is -0.113. The van der Waals surface area contributed by atoms with Crippen molar-refractivity contribution < 1.29 is 14.7 Å². The van der Waals surface area contributed by atoms with Gasteiger partial charge in [0.05, 0.1) is 19.3 Å². The highest BCUT2D eigenvalue weighted by atomic mass is 16.6. The molecule has 2 rings (SSSR count). The number of nitrogens with zero attached hydrogens (tertiary/aromatic N) is 2. The van der Waals surface area contributed by atoms with Crippen molar-refractivity contribution in [1.82, 2.24) is 9.96 Å². The molecule has 2 heterocycles. The van der Waals surface area contributed by atoms with Gasteiger partial charge >= 0.3 is 0 Å². The number of epoxide rings is 1. The number of carbonyl (C=O) groups excluding carboxylic acids is 1. The summed E-state index contributed by atoms with van der Waals surface area (Å²) in [6.45, 7) is 8.09. The summed E-state index contributed by atoms with van der Waals surface area (Å²) in [5, 5.41) is 12.9. The van der Waals surface area contributed by atoms with Crippen LogP contribution in [0.2, 0.25) is 0 Å². The van der Waals surface area contributed by atoms with Gasteiger partial charge in [-0.2, -0.15) is 0 Å². The fourth-order valence-electron chi connectivity index (χ4n) is 2.14. The second-order valence-electron chi connectivity index (χ2n) is 5.22. The van der Waals surface area contributed by atoms with Crippen molar-refractivity contribution >= 4 is 5.91 Å². The van der Waals surface area contributed by atoms with E-state index in [9.17, 15) is 10.0 Å². The minimum atomic E-state index is -0.960. The van der Waals surface area contributed by atoms with E-state index in [0.717, 1.165) is 5.06 Å². The number of hydrogen-bond acceptors (Lipinski definition) is 3. The Hall–Kier alpha value is -0.650. The molecule has 2 saturated heterocycles. The highest BCUT2D eigenvalue weighted by Gasteiger charge is 2.58. The Bertz CT molecular complexity index is 297. The summed E-state index contributed by atoms with van der Waals surface area (Å²) in [5.41, 5.74) is -1.73. The van der Waals surface area contributed by atoms with Crippen molar-refractivity contribution in [2.24, 2.45) is 0 Å². The highest BCUT2D eigenvalue weighted by Crippen LogP contribution is 2.37. The molecule has 0 N–H and O–H groups in total. The molecule has 1 atom stereocenters. The first-order valence-electron chi connectivity index (χ1n) is 5.19. The van der Waals surface area contributed by atoms with Crippen LogP contribution in [0, 0.1) is 0 Å². The maximum Gasteiger partial charge on any atom is 0.246 e. The van der Waals surface area contributed by atoms with Gasteiger partial charge < -0.3 is 9.64 Å². The second kappa shape index (κ2) is 2.93. The van der Waals surface area contributed by atoms with Crippen LogP contribution in [0.25, 0.3) is 0 Å². The van der Waals surface area contributed by atoms with Crippen LogP contribution in [0.5, 0.6) is 0 Å². The van der Waals surface area contributed by atoms with Gasteiger partial charge in [0.2, 0.25) is 5.91 Å². The minimum Gasteiger partial charge on any atom is -0.371 e. The lowest BCUT2D eigenvalue weighted by Gasteiger charge is -2.33. The number of amides is 1. The van der Waals surface area contributed by atoms with E-state index >= 15 is 0 Å². The maximum absolute atomic E-state index is 12.0. The van der Waals surface area contributed by atoms with Crippen molar-refractivity contribution in [2.75, 3.05) is 13.2 Å². The summed E-state index contributed by atoms with van der Waals surface area (Å²) in [6, 6.07) is 0. The fourth-order valence-corrected chi connectivity index (χ4v) is 2.14. The van der Waals surface area contributed by atoms with Crippen LogP contribution >= 0.6 is 0 Å². The van der Waals surface area contributed by atoms with Crippen LogP contribution in [-0.4, -0.2) is 46.3 Å². The zero-order chi connectivity index (χ0) is 11.4. The summed E-state index contributed by atoms with van der Waals surface area (Å²) < 4.78 is 5.10. The van der Waals surface area contributed by atoms with E-state index in [-0.39, 0.29) is 12.0 Å². The lowest BCUT2D eigenvalue weighted by molar-refractivity contribution is -0.258. The average molecular weight is 213 g/mol. The Morgan fingerprint density at radius 2 is 1.93 bits per heavy atom. The maximum atomic E-state index is 12.0. The van der Waals surface area contributed by atoms with Gasteiger partial charge in [-0.1, -0.05) is 0 Å². The Kier molecular flexibility index (Phi) is 2.12. The van der Waals surface area contributed by atoms with Gasteiger partial charge in [-0.15, -0.1) is 10.3 Å². The van der Waals surface area contributed by atoms with Gasteiger partial charge in [0, 0.05) is 0 Å². The molecule has 1 amide bonds. The summed E-state index contributed by atoms with van der Waals surface area (Å²) in [7, 11) is 0. The number of hydrogen-bond donors (Lipinski definition) is 0. The number of carbonyl (C=O) groups is 1. The van der Waals surface area contributed by atoms with Gasteiger partial charge in [-0.3, -0.25) is 4.79 Å². The number of ether oxygens (including phenoxy) is 1. The lowest BCUT2D eigenvalue weighted by Crippen LogP contribution is -2.50. The average Bonchev–Trinajstić information content (AvgIpc) is 2.92. The first kappa shape index (κ1) is 10.9. The van der Waals surface area contributed by atoms with E-state index in [1.807, 2.05) is 0 Å². The third-order valence-corrected chi connectivity index (χ3v) is 3.22. The van der Waals surface area contributed by atoms with Crippen LogP contribution in [0.3, 0.4) is 0 Å². The molecule has 15 heavy (non-hydrogen) atoms. The standard InChI is InChI=1S/C10H17N2O3/c1-9(2)8(13)11(5-7-6-15-7)10(3,4)12(9)14/h7H,5-6H2,1-4H3. The number of rotatable bonds is 2. The van der Waals surface area contributed by atoms with E-state index in [0.29, 0.717) is 13.2 Å². The summed E-state index contributed by atoms with van der Waals surface area (Å²) in [6.07, 6.45) is 0.121. The zero-order valence-corrected chi connectivity index (χ0v) is 9.61. The first-order chi connectivity index (χ1) is 6.78. The van der Waals surface area contributed by atoms with Crippen molar-refractivity contribution in [2.45, 2.75) is 45.0 Å². The van der Waals surface area contributed by atoms with E-state index in [2.05, 4.69) is 0 Å². The minimum absolute atomic E-state index is 0.113. The van der Waals surface area contributed by atoms with Crippen LogP contribution in [0.15, 0.2) is 0 Å². The van der Waals surface area contributed by atoms with Crippen molar-refractivity contribution in [3.05, 3.63) is 0 Å². The molecule has 5 nitrogen and oxygen atoms in total. The van der Waals surface area contributed by atoms with Crippen molar-refractivity contribution in [3.63, 3.8) is 0 Å². The molecular weight excluding hydrogens is 196 g/mol. The molecule has 0 aromatic rings. The Morgan fingerprint density at radius 3 is 2.27 bits per heavy atom. The molecule has 0 spiro atoms. The second-order valence-corrected chi connectivity index (χ2v) is 5.22. The molecule has 85 valence electrons. The summed E-state index contributed by atoms with van der Waals surface area (Å²) in [4.78, 5) is 13.7. The van der Waals surface area contributed by atoms with Crippen molar-refractivity contribution in [3.8, 4) is 0 Å². The summed E-state index contributed by atoms with van der Waals surface area (Å²) >= 11 is 0. The molecule has 0 bridgehead atoms. The molecule has 0 aliphatic carbocycles. The molecule has 1 unspecified atom stereocenters. The SMILES string of the molecule is CC1(C)C(=O)N(CC2CO2)C(C)(C)N1[O]. The van der Waals surface area contributed by atoms with Gasteiger partial charge in [-0.25, -0.2) is 0 Å². The molecule has 2 fully saturated rings. The third-order valence-electron chi connectivity index (χ3n) is 3.22. The van der Waals surface area contributed by atoms with Crippen LogP contribution in [-0.2, 0) is 14.7 Å². The van der Waals surface area contributed by atoms with Crippen molar-refractivity contribution in [1.29, 1.82) is 0 Å². The van der Waals surface area contributed by atoms with Gasteiger partial charge in [0.15, 0.2) is 0 Å².